The molecule has 5 N–H and O–H groups in total. The zero-order chi connectivity index (χ0) is 28.4. The lowest BCUT2D eigenvalue weighted by Crippen LogP contribution is -2.65. The van der Waals surface area contributed by atoms with E-state index in [1.165, 1.54) is 11.8 Å². The number of carboxylic acid groups (broad SMARTS) is 1. The van der Waals surface area contributed by atoms with Crippen LogP contribution < -0.4 is 5.32 Å². The van der Waals surface area contributed by atoms with Gasteiger partial charge in [0.15, 0.2) is 0 Å². The molecule has 4 rings (SSSR count). The number of aliphatic hydroxyl groups is 3. The van der Waals surface area contributed by atoms with E-state index < -0.39 is 60.0 Å². The zero-order valence-electron chi connectivity index (χ0n) is 22.8. The minimum atomic E-state index is -1.51. The Kier molecular flexibility index (Phi) is 9.89. The van der Waals surface area contributed by atoms with Crippen molar-refractivity contribution in [1.82, 2.24) is 10.2 Å². The molecule has 39 heavy (non-hydrogen) atoms. The van der Waals surface area contributed by atoms with Gasteiger partial charge in [-0.05, 0) is 43.4 Å². The summed E-state index contributed by atoms with van der Waals surface area (Å²) in [5.74, 6) is 2.58. The molecular formula is C28H42N2O8S. The van der Waals surface area contributed by atoms with E-state index in [0.717, 1.165) is 24.2 Å². The highest BCUT2D eigenvalue weighted by molar-refractivity contribution is 8.00. The van der Waals surface area contributed by atoms with Crippen molar-refractivity contribution >= 4 is 23.8 Å². The quantitative estimate of drug-likeness (QED) is 0.252. The van der Waals surface area contributed by atoms with E-state index in [-0.39, 0.29) is 23.6 Å². The Hall–Kier alpha value is -1.81. The van der Waals surface area contributed by atoms with E-state index in [0.29, 0.717) is 24.9 Å². The average molecular weight is 567 g/mol. The summed E-state index contributed by atoms with van der Waals surface area (Å²) in [6.45, 7) is 6.85. The minimum Gasteiger partial charge on any atom is -0.465 e. The van der Waals surface area contributed by atoms with Crippen LogP contribution >= 0.6 is 11.8 Å². The maximum atomic E-state index is 13.9. The lowest BCUT2D eigenvalue weighted by Gasteiger charge is -2.45. The molecular weight excluding hydrogens is 524 g/mol. The number of terminal acetylenes is 1. The van der Waals surface area contributed by atoms with E-state index in [2.05, 4.69) is 25.1 Å². The summed E-state index contributed by atoms with van der Waals surface area (Å²) >= 11 is 1.18. The van der Waals surface area contributed by atoms with Crippen LogP contribution in [-0.2, 0) is 14.3 Å². The minimum absolute atomic E-state index is 0.0977. The number of rotatable bonds is 4. The third-order valence-corrected chi connectivity index (χ3v) is 9.76. The fourth-order valence-corrected chi connectivity index (χ4v) is 7.67. The molecule has 0 aromatic heterocycles. The third-order valence-electron chi connectivity index (χ3n) is 8.44. The summed E-state index contributed by atoms with van der Waals surface area (Å²) in [7, 11) is 0. The number of aliphatic hydroxyl groups excluding tert-OH is 3. The van der Waals surface area contributed by atoms with Gasteiger partial charge >= 0.3 is 6.09 Å². The molecule has 4 heterocycles. The number of fused-ring (bicyclic) bond motifs is 3. The number of hydrogen-bond acceptors (Lipinski definition) is 8. The van der Waals surface area contributed by atoms with Crippen molar-refractivity contribution < 1.29 is 39.5 Å². The van der Waals surface area contributed by atoms with E-state index >= 15 is 0 Å². The maximum absolute atomic E-state index is 13.9. The monoisotopic (exact) mass is 566 g/mol. The third kappa shape index (κ3) is 6.58. The maximum Gasteiger partial charge on any atom is 0.408 e. The van der Waals surface area contributed by atoms with Gasteiger partial charge in [0.05, 0.1) is 17.4 Å². The highest BCUT2D eigenvalue weighted by Gasteiger charge is 2.53. The first kappa shape index (κ1) is 30.2. The van der Waals surface area contributed by atoms with Crippen LogP contribution in [0.5, 0.6) is 0 Å². The van der Waals surface area contributed by atoms with Crippen molar-refractivity contribution in [1.29, 1.82) is 0 Å². The number of likely N-dealkylation sites (tertiary alicyclic amines) is 1. The molecule has 0 aromatic carbocycles. The van der Waals surface area contributed by atoms with Gasteiger partial charge in [0, 0.05) is 19.1 Å². The molecule has 2 amide bonds. The Balaban J connectivity index is 1.59. The molecule has 11 heteroatoms. The molecule has 12 atom stereocenters. The van der Waals surface area contributed by atoms with Crippen molar-refractivity contribution in [2.75, 3.05) is 13.2 Å². The summed E-state index contributed by atoms with van der Waals surface area (Å²) in [6.07, 6.45) is 5.40. The highest BCUT2D eigenvalue weighted by Crippen LogP contribution is 2.39. The number of carbonyl (C=O) groups excluding carboxylic acids is 1. The second-order valence-electron chi connectivity index (χ2n) is 11.8. The number of amides is 2. The standard InChI is InChI=1S/C28H42N2O8S/c1-5-18-8-6-7-15(4)19(25-22(32)21(31)23(33)27(38-25)39-18)29-26(34)20-24-17(13-30(20)28(35)36)12-16(9-10-37-24)11-14(2)3/h1,6-7,14-25,27,31-33H,8-13H2,2-4H3,(H,29,34)(H,35,36)/b7-6-/t15-,16+,17+,18-,19-,20?,21+,22-,23-,24-,25-,27-/m1/s1. The fraction of sp³-hybridized carbons (Fsp3) is 0.786. The molecule has 0 saturated carbocycles. The molecule has 0 aliphatic carbocycles. The lowest BCUT2D eigenvalue weighted by molar-refractivity contribution is -0.207. The molecule has 218 valence electrons. The van der Waals surface area contributed by atoms with Crippen LogP contribution in [0.2, 0.25) is 0 Å². The van der Waals surface area contributed by atoms with Crippen molar-refractivity contribution in [3.63, 3.8) is 0 Å². The molecule has 3 saturated heterocycles. The first-order valence-electron chi connectivity index (χ1n) is 13.9. The molecule has 1 unspecified atom stereocenters. The van der Waals surface area contributed by atoms with Gasteiger partial charge in [0.25, 0.3) is 0 Å². The van der Waals surface area contributed by atoms with Gasteiger partial charge < -0.3 is 35.2 Å². The average Bonchev–Trinajstić information content (AvgIpc) is 3.13. The number of hydrogen-bond donors (Lipinski definition) is 5. The van der Waals surface area contributed by atoms with Gasteiger partial charge in [-0.15, -0.1) is 18.2 Å². The van der Waals surface area contributed by atoms with Crippen LogP contribution in [0, 0.1) is 36.0 Å². The van der Waals surface area contributed by atoms with Crippen molar-refractivity contribution in [2.24, 2.45) is 23.7 Å². The lowest BCUT2D eigenvalue weighted by atomic mass is 9.85. The SMILES string of the molecule is C#C[C@@H]1C/C=C\[C@@H](C)[C@@H](NC(=O)C2[C@@H]3OCC[C@@H](CC(C)C)C[C@H]3CN2C(=O)O)[C@H]2O[C@H](S1)[C@H](O)[C@@H](O)[C@H]2O. The first-order chi connectivity index (χ1) is 18.5. The number of carbonyl (C=O) groups is 2. The first-order valence-corrected chi connectivity index (χ1v) is 14.9. The zero-order valence-corrected chi connectivity index (χ0v) is 23.6. The molecule has 4 aliphatic rings. The molecule has 10 nitrogen and oxygen atoms in total. The van der Waals surface area contributed by atoms with Gasteiger partial charge in [0.2, 0.25) is 5.91 Å². The topological polar surface area (TPSA) is 149 Å². The number of allylic oxidation sites excluding steroid dienone is 1. The highest BCUT2D eigenvalue weighted by atomic mass is 32.2. The molecule has 0 radical (unpaired) electrons. The Morgan fingerprint density at radius 3 is 2.62 bits per heavy atom. The number of nitrogens with zero attached hydrogens (tertiary/aromatic N) is 1. The van der Waals surface area contributed by atoms with E-state index in [9.17, 15) is 30.0 Å². The summed E-state index contributed by atoms with van der Waals surface area (Å²) in [5.41, 5.74) is -0.915. The number of ether oxygens (including phenoxy) is 2. The predicted molar refractivity (Wildman–Crippen MR) is 146 cm³/mol. The summed E-state index contributed by atoms with van der Waals surface area (Å²) in [4.78, 5) is 27.3. The summed E-state index contributed by atoms with van der Waals surface area (Å²) in [6, 6.07) is -1.87. The van der Waals surface area contributed by atoms with E-state index in [1.54, 1.807) is 0 Å². The van der Waals surface area contributed by atoms with Crippen molar-refractivity contribution in [3.05, 3.63) is 12.2 Å². The van der Waals surface area contributed by atoms with Crippen molar-refractivity contribution in [3.8, 4) is 12.3 Å². The Labute approximate surface area is 234 Å². The van der Waals surface area contributed by atoms with Gasteiger partial charge in [0.1, 0.15) is 35.9 Å². The molecule has 0 aromatic rings. The van der Waals surface area contributed by atoms with Crippen LogP contribution in [-0.4, -0.2) is 104 Å². The van der Waals surface area contributed by atoms with Crippen LogP contribution in [0.1, 0.15) is 46.5 Å². The van der Waals surface area contributed by atoms with Gasteiger partial charge in [-0.1, -0.05) is 38.8 Å². The largest absolute Gasteiger partial charge is 0.465 e. The number of nitrogens with one attached hydrogen (secondary N) is 1. The van der Waals surface area contributed by atoms with Crippen LogP contribution in [0.3, 0.4) is 0 Å². The van der Waals surface area contributed by atoms with Crippen molar-refractivity contribution in [2.45, 2.75) is 99.7 Å². The fourth-order valence-electron chi connectivity index (χ4n) is 6.53. The second kappa shape index (κ2) is 12.8. The Morgan fingerprint density at radius 2 is 1.95 bits per heavy atom. The number of thioether (sulfide) groups is 1. The van der Waals surface area contributed by atoms with Crippen LogP contribution in [0.4, 0.5) is 4.79 Å². The van der Waals surface area contributed by atoms with Crippen LogP contribution in [0.25, 0.3) is 0 Å². The van der Waals surface area contributed by atoms with E-state index in [1.807, 2.05) is 19.1 Å². The molecule has 2 bridgehead atoms. The molecule has 3 fully saturated rings. The predicted octanol–water partition coefficient (Wildman–Crippen LogP) is 1.43. The summed E-state index contributed by atoms with van der Waals surface area (Å²) < 4.78 is 12.2. The van der Waals surface area contributed by atoms with Gasteiger partial charge in [-0.2, -0.15) is 0 Å². The molecule has 4 aliphatic heterocycles. The summed E-state index contributed by atoms with van der Waals surface area (Å²) in [5, 5.41) is 44.8. The Bertz CT molecular complexity index is 956. The second-order valence-corrected chi connectivity index (χ2v) is 13.1. The Morgan fingerprint density at radius 1 is 1.21 bits per heavy atom. The van der Waals surface area contributed by atoms with E-state index in [4.69, 9.17) is 15.9 Å². The normalized spacial score (nSPS) is 43.6. The molecule has 0 spiro atoms. The van der Waals surface area contributed by atoms with Crippen LogP contribution in [0.15, 0.2) is 12.2 Å². The smallest absolute Gasteiger partial charge is 0.408 e. The van der Waals surface area contributed by atoms with Gasteiger partial charge in [-0.3, -0.25) is 9.69 Å². The van der Waals surface area contributed by atoms with Gasteiger partial charge in [-0.25, -0.2) is 4.79 Å².